The lowest BCUT2D eigenvalue weighted by atomic mass is 9.89. The van der Waals surface area contributed by atoms with Gasteiger partial charge in [-0.05, 0) is 23.5 Å². The van der Waals surface area contributed by atoms with Crippen LogP contribution in [0, 0.1) is 5.41 Å². The van der Waals surface area contributed by atoms with Gasteiger partial charge in [0, 0.05) is 26.8 Å². The van der Waals surface area contributed by atoms with E-state index in [1.807, 2.05) is 12.1 Å². The molecule has 0 aliphatic rings. The summed E-state index contributed by atoms with van der Waals surface area (Å²) in [7, 11) is 1.70. The smallest absolute Gasteiger partial charge is 0.336 e. The van der Waals surface area contributed by atoms with Crippen molar-refractivity contribution < 1.29 is 14.6 Å². The summed E-state index contributed by atoms with van der Waals surface area (Å²) in [5.74, 6) is -0.879. The quantitative estimate of drug-likeness (QED) is 0.758. The second-order valence-corrected chi connectivity index (χ2v) is 5.47. The Balaban J connectivity index is 2.51. The molecule has 0 bridgehead atoms. The van der Waals surface area contributed by atoms with Crippen molar-refractivity contribution >= 4 is 5.97 Å². The van der Waals surface area contributed by atoms with E-state index in [4.69, 9.17) is 9.84 Å². The molecule has 0 spiro atoms. The normalized spacial score (nSPS) is 11.5. The first-order valence-corrected chi connectivity index (χ1v) is 6.47. The number of benzene rings is 1. The van der Waals surface area contributed by atoms with Crippen LogP contribution < -0.4 is 5.32 Å². The fourth-order valence-corrected chi connectivity index (χ4v) is 1.89. The Morgan fingerprint density at radius 2 is 2.05 bits per heavy atom. The Morgan fingerprint density at radius 3 is 2.68 bits per heavy atom. The SMILES string of the molecule is COCCC(C)(C)CNCc1ccccc1C(=O)O. The first-order chi connectivity index (χ1) is 8.96. The van der Waals surface area contributed by atoms with Gasteiger partial charge in [0.2, 0.25) is 0 Å². The van der Waals surface area contributed by atoms with E-state index in [9.17, 15) is 4.79 Å². The van der Waals surface area contributed by atoms with E-state index in [0.717, 1.165) is 25.1 Å². The molecule has 0 aromatic heterocycles. The number of carbonyl (C=O) groups is 1. The molecule has 0 heterocycles. The number of methoxy groups -OCH3 is 1. The first kappa shape index (κ1) is 15.7. The van der Waals surface area contributed by atoms with E-state index < -0.39 is 5.97 Å². The van der Waals surface area contributed by atoms with Gasteiger partial charge < -0.3 is 15.2 Å². The van der Waals surface area contributed by atoms with Crippen molar-refractivity contribution in [3.05, 3.63) is 35.4 Å². The number of carboxylic acid groups (broad SMARTS) is 1. The summed E-state index contributed by atoms with van der Waals surface area (Å²) < 4.78 is 5.09. The van der Waals surface area contributed by atoms with E-state index in [-0.39, 0.29) is 5.41 Å². The number of carboxylic acids is 1. The van der Waals surface area contributed by atoms with Gasteiger partial charge in [0.25, 0.3) is 0 Å². The van der Waals surface area contributed by atoms with E-state index in [0.29, 0.717) is 12.1 Å². The Kier molecular flexibility index (Phi) is 5.99. The highest BCUT2D eigenvalue weighted by Crippen LogP contribution is 2.19. The third-order valence-corrected chi connectivity index (χ3v) is 3.15. The zero-order valence-corrected chi connectivity index (χ0v) is 11.9. The largest absolute Gasteiger partial charge is 0.478 e. The lowest BCUT2D eigenvalue weighted by molar-refractivity contribution is 0.0695. The van der Waals surface area contributed by atoms with Gasteiger partial charge in [-0.2, -0.15) is 0 Å². The van der Waals surface area contributed by atoms with Crippen LogP contribution in [0.4, 0.5) is 0 Å². The maximum Gasteiger partial charge on any atom is 0.336 e. The minimum atomic E-state index is -0.879. The third kappa shape index (κ3) is 5.41. The molecule has 4 heteroatoms. The van der Waals surface area contributed by atoms with Gasteiger partial charge in [0.15, 0.2) is 0 Å². The van der Waals surface area contributed by atoms with Gasteiger partial charge in [-0.25, -0.2) is 4.79 Å². The molecular formula is C15H23NO3. The van der Waals surface area contributed by atoms with Crippen LogP contribution in [0.25, 0.3) is 0 Å². The standard InChI is InChI=1S/C15H23NO3/c1-15(2,8-9-19-3)11-16-10-12-6-4-5-7-13(12)14(17)18/h4-7,16H,8-11H2,1-3H3,(H,17,18). The average Bonchev–Trinajstić information content (AvgIpc) is 2.36. The van der Waals surface area contributed by atoms with Gasteiger partial charge in [-0.3, -0.25) is 0 Å². The van der Waals surface area contributed by atoms with Crippen molar-refractivity contribution in [1.82, 2.24) is 5.32 Å². The van der Waals surface area contributed by atoms with Crippen molar-refractivity contribution in [3.63, 3.8) is 0 Å². The summed E-state index contributed by atoms with van der Waals surface area (Å²) in [5.41, 5.74) is 1.32. The van der Waals surface area contributed by atoms with Crippen LogP contribution in [-0.4, -0.2) is 31.3 Å². The van der Waals surface area contributed by atoms with E-state index in [2.05, 4.69) is 19.2 Å². The molecule has 0 saturated heterocycles. The molecule has 1 rings (SSSR count). The molecule has 0 saturated carbocycles. The Bertz CT molecular complexity index is 416. The van der Waals surface area contributed by atoms with Crippen LogP contribution in [0.3, 0.4) is 0 Å². The number of hydrogen-bond donors (Lipinski definition) is 2. The minimum Gasteiger partial charge on any atom is -0.478 e. The van der Waals surface area contributed by atoms with E-state index >= 15 is 0 Å². The fourth-order valence-electron chi connectivity index (χ4n) is 1.89. The topological polar surface area (TPSA) is 58.6 Å². The second kappa shape index (κ2) is 7.26. The monoisotopic (exact) mass is 265 g/mol. The second-order valence-electron chi connectivity index (χ2n) is 5.47. The van der Waals surface area contributed by atoms with Crippen LogP contribution in [-0.2, 0) is 11.3 Å². The lowest BCUT2D eigenvalue weighted by Crippen LogP contribution is -2.30. The molecular weight excluding hydrogens is 242 g/mol. The van der Waals surface area contributed by atoms with Crippen LogP contribution >= 0.6 is 0 Å². The van der Waals surface area contributed by atoms with Gasteiger partial charge in [-0.1, -0.05) is 32.0 Å². The van der Waals surface area contributed by atoms with Gasteiger partial charge in [0.1, 0.15) is 0 Å². The maximum absolute atomic E-state index is 11.1. The summed E-state index contributed by atoms with van der Waals surface area (Å²) in [6.45, 7) is 6.47. The van der Waals surface area contributed by atoms with Gasteiger partial charge in [0.05, 0.1) is 5.56 Å². The van der Waals surface area contributed by atoms with Crippen LogP contribution in [0.2, 0.25) is 0 Å². The molecule has 0 radical (unpaired) electrons. The molecule has 0 fully saturated rings. The van der Waals surface area contributed by atoms with Gasteiger partial charge >= 0.3 is 5.97 Å². The summed E-state index contributed by atoms with van der Waals surface area (Å²) in [6, 6.07) is 7.09. The number of hydrogen-bond acceptors (Lipinski definition) is 3. The zero-order chi connectivity index (χ0) is 14.3. The van der Waals surface area contributed by atoms with Crippen LogP contribution in [0.5, 0.6) is 0 Å². The molecule has 106 valence electrons. The molecule has 1 aromatic carbocycles. The van der Waals surface area contributed by atoms with Crippen molar-refractivity contribution in [3.8, 4) is 0 Å². The molecule has 0 aliphatic carbocycles. The predicted molar refractivity (Wildman–Crippen MR) is 75.4 cm³/mol. The number of nitrogens with one attached hydrogen (secondary N) is 1. The summed E-state index contributed by atoms with van der Waals surface area (Å²) in [5, 5.41) is 12.4. The molecule has 4 nitrogen and oxygen atoms in total. The van der Waals surface area contributed by atoms with E-state index in [1.54, 1.807) is 19.2 Å². The fraction of sp³-hybridized carbons (Fsp3) is 0.533. The van der Waals surface area contributed by atoms with Crippen LogP contribution in [0.15, 0.2) is 24.3 Å². The number of aromatic carboxylic acids is 1. The molecule has 0 atom stereocenters. The average molecular weight is 265 g/mol. The maximum atomic E-state index is 11.1. The predicted octanol–water partition coefficient (Wildman–Crippen LogP) is 2.54. The molecule has 0 unspecified atom stereocenters. The van der Waals surface area contributed by atoms with Crippen molar-refractivity contribution in [2.75, 3.05) is 20.3 Å². The molecule has 1 aromatic rings. The van der Waals surface area contributed by atoms with Crippen LogP contribution in [0.1, 0.15) is 36.2 Å². The van der Waals surface area contributed by atoms with Crippen molar-refractivity contribution in [2.24, 2.45) is 5.41 Å². The minimum absolute atomic E-state index is 0.133. The van der Waals surface area contributed by atoms with Crippen molar-refractivity contribution in [2.45, 2.75) is 26.8 Å². The first-order valence-electron chi connectivity index (χ1n) is 6.47. The Hall–Kier alpha value is -1.39. The number of ether oxygens (including phenoxy) is 1. The van der Waals surface area contributed by atoms with Gasteiger partial charge in [-0.15, -0.1) is 0 Å². The molecule has 2 N–H and O–H groups in total. The highest BCUT2D eigenvalue weighted by atomic mass is 16.5. The Morgan fingerprint density at radius 1 is 1.37 bits per heavy atom. The molecule has 0 aliphatic heterocycles. The third-order valence-electron chi connectivity index (χ3n) is 3.15. The highest BCUT2D eigenvalue weighted by Gasteiger charge is 2.17. The Labute approximate surface area is 114 Å². The summed E-state index contributed by atoms with van der Waals surface area (Å²) in [6.07, 6.45) is 0.969. The number of rotatable bonds is 8. The summed E-state index contributed by atoms with van der Waals surface area (Å²) in [4.78, 5) is 11.1. The summed E-state index contributed by atoms with van der Waals surface area (Å²) >= 11 is 0. The molecule has 19 heavy (non-hydrogen) atoms. The van der Waals surface area contributed by atoms with E-state index in [1.165, 1.54) is 0 Å². The lowest BCUT2D eigenvalue weighted by Gasteiger charge is -2.24. The molecule has 0 amide bonds. The highest BCUT2D eigenvalue weighted by molar-refractivity contribution is 5.89. The zero-order valence-electron chi connectivity index (χ0n) is 11.9. The van der Waals surface area contributed by atoms with Crippen molar-refractivity contribution in [1.29, 1.82) is 0 Å².